The molecule has 1 aromatic carbocycles. The van der Waals surface area contributed by atoms with Gasteiger partial charge in [-0.3, -0.25) is 4.79 Å². The lowest BCUT2D eigenvalue weighted by molar-refractivity contribution is -0.141. The van der Waals surface area contributed by atoms with Gasteiger partial charge in [-0.2, -0.15) is 18.3 Å². The minimum atomic E-state index is -4.59. The normalized spacial score (nSPS) is 16.9. The molecule has 7 nitrogen and oxygen atoms in total. The Kier molecular flexibility index (Phi) is 5.60. The zero-order valence-corrected chi connectivity index (χ0v) is 19.0. The minimum absolute atomic E-state index is 0.0723. The fraction of sp³-hybridized carbons (Fsp3) is 0.391. The van der Waals surface area contributed by atoms with E-state index in [0.717, 1.165) is 41.8 Å². The minimum Gasteiger partial charge on any atom is -0.383 e. The van der Waals surface area contributed by atoms with Crippen LogP contribution < -0.4 is 5.73 Å². The van der Waals surface area contributed by atoms with Gasteiger partial charge in [-0.05, 0) is 56.0 Å². The lowest BCUT2D eigenvalue weighted by atomic mass is 9.89. The van der Waals surface area contributed by atoms with Crippen LogP contribution in [0.5, 0.6) is 0 Å². The smallest absolute Gasteiger partial charge is 0.383 e. The predicted molar refractivity (Wildman–Crippen MR) is 119 cm³/mol. The van der Waals surface area contributed by atoms with Crippen molar-refractivity contribution < 1.29 is 22.7 Å². The summed E-state index contributed by atoms with van der Waals surface area (Å²) in [4.78, 5) is 19.8. The number of anilines is 1. The Morgan fingerprint density at radius 1 is 1.21 bits per heavy atom. The summed E-state index contributed by atoms with van der Waals surface area (Å²) in [6.07, 6.45) is -2.05. The van der Waals surface area contributed by atoms with Crippen LogP contribution in [-0.2, 0) is 24.1 Å². The Morgan fingerprint density at radius 2 is 1.94 bits per heavy atom. The molecule has 0 radical (unpaired) electrons. The van der Waals surface area contributed by atoms with Crippen molar-refractivity contribution in [2.45, 2.75) is 57.7 Å². The van der Waals surface area contributed by atoms with Gasteiger partial charge in [0.15, 0.2) is 5.69 Å². The molecular weight excluding hydrogens is 471 g/mol. The third-order valence-electron chi connectivity index (χ3n) is 6.57. The molecule has 3 heterocycles. The lowest BCUT2D eigenvalue weighted by Crippen LogP contribution is -2.46. The molecule has 34 heavy (non-hydrogen) atoms. The first-order chi connectivity index (χ1) is 16.1. The molecule has 2 N–H and O–H groups in total. The maximum Gasteiger partial charge on any atom is 0.435 e. The zero-order chi connectivity index (χ0) is 24.2. The number of amides is 1. The zero-order valence-electron chi connectivity index (χ0n) is 18.2. The second-order valence-corrected chi connectivity index (χ2v) is 9.02. The summed E-state index contributed by atoms with van der Waals surface area (Å²) in [5.41, 5.74) is 7.78. The van der Waals surface area contributed by atoms with E-state index in [0.29, 0.717) is 24.5 Å². The summed E-state index contributed by atoms with van der Waals surface area (Å²) < 4.78 is 44.3. The summed E-state index contributed by atoms with van der Waals surface area (Å²) in [5.74, 6) is 0.0519. The molecule has 1 saturated carbocycles. The van der Waals surface area contributed by atoms with E-state index in [-0.39, 0.29) is 28.2 Å². The number of carbonyl (C=O) groups is 1. The summed E-state index contributed by atoms with van der Waals surface area (Å²) in [6, 6.07) is 4.79. The number of rotatable bonds is 4. The average molecular weight is 492 g/mol. The number of alkyl halides is 3. The molecule has 0 bridgehead atoms. The van der Waals surface area contributed by atoms with Gasteiger partial charge in [-0.1, -0.05) is 11.6 Å². The maximum atomic E-state index is 13.8. The number of ether oxygens (including phenoxy) is 1. The number of nitrogens with zero attached hydrogens (tertiary/aromatic N) is 4. The number of pyridine rings is 1. The standard InChI is InChI=1S/C23H21ClF3N5O2/c1-11(18-5-6-20(31-30-18)23(25,26)27)32(12-3-2-4-12)22(33)14-7-13-15-9-34-10-16(15)21(28)29-19(13)8-17(14)24/h5-8,11-12H,2-4,9-10H2,1H3,(H2,28,29). The Balaban J connectivity index is 1.54. The molecule has 11 heteroatoms. The molecule has 0 spiro atoms. The quantitative estimate of drug-likeness (QED) is 0.548. The Morgan fingerprint density at radius 3 is 2.56 bits per heavy atom. The largest absolute Gasteiger partial charge is 0.435 e. The molecule has 5 rings (SSSR count). The molecular formula is C23H21ClF3N5O2. The number of carbonyl (C=O) groups excluding carboxylic acids is 1. The van der Waals surface area contributed by atoms with Crippen molar-refractivity contribution in [3.63, 3.8) is 0 Å². The fourth-order valence-corrected chi connectivity index (χ4v) is 4.72. The van der Waals surface area contributed by atoms with Gasteiger partial charge in [0.1, 0.15) is 5.82 Å². The Bertz CT molecular complexity index is 1280. The van der Waals surface area contributed by atoms with Crippen molar-refractivity contribution in [3.05, 3.63) is 57.4 Å². The second-order valence-electron chi connectivity index (χ2n) is 8.61. The number of halogens is 4. The van der Waals surface area contributed by atoms with Crippen LogP contribution >= 0.6 is 11.6 Å². The van der Waals surface area contributed by atoms with Crippen molar-refractivity contribution in [1.29, 1.82) is 0 Å². The monoisotopic (exact) mass is 491 g/mol. The van der Waals surface area contributed by atoms with Gasteiger partial charge >= 0.3 is 6.18 Å². The molecule has 1 atom stereocenters. The molecule has 1 aliphatic heterocycles. The number of fused-ring (bicyclic) bond motifs is 3. The molecule has 178 valence electrons. The third-order valence-corrected chi connectivity index (χ3v) is 6.88. The number of aromatic nitrogens is 3. The van der Waals surface area contributed by atoms with Crippen LogP contribution in [0.2, 0.25) is 5.02 Å². The van der Waals surface area contributed by atoms with Gasteiger partial charge in [0.05, 0.1) is 41.1 Å². The van der Waals surface area contributed by atoms with Crippen LogP contribution in [0.4, 0.5) is 19.0 Å². The molecule has 0 saturated heterocycles. The van der Waals surface area contributed by atoms with Crippen molar-refractivity contribution in [3.8, 4) is 0 Å². The highest BCUT2D eigenvalue weighted by molar-refractivity contribution is 6.34. The van der Waals surface area contributed by atoms with E-state index in [9.17, 15) is 18.0 Å². The van der Waals surface area contributed by atoms with E-state index in [1.54, 1.807) is 24.0 Å². The van der Waals surface area contributed by atoms with Crippen LogP contribution in [0.15, 0.2) is 24.3 Å². The SMILES string of the molecule is CC(c1ccc(C(F)(F)F)nn1)N(C(=O)c1cc2c3c(c(N)nc2cc1Cl)COC3)C1CCC1. The molecule has 2 aliphatic rings. The molecule has 3 aromatic rings. The fourth-order valence-electron chi connectivity index (χ4n) is 4.48. The van der Waals surface area contributed by atoms with Crippen molar-refractivity contribution >= 4 is 34.2 Å². The Hall–Kier alpha value is -2.98. The van der Waals surface area contributed by atoms with Gasteiger partial charge < -0.3 is 15.4 Å². The molecule has 1 unspecified atom stereocenters. The van der Waals surface area contributed by atoms with Gasteiger partial charge in [-0.25, -0.2) is 4.98 Å². The number of hydrogen-bond acceptors (Lipinski definition) is 6. The maximum absolute atomic E-state index is 13.8. The number of hydrogen-bond donors (Lipinski definition) is 1. The highest BCUT2D eigenvalue weighted by atomic mass is 35.5. The van der Waals surface area contributed by atoms with E-state index in [2.05, 4.69) is 15.2 Å². The first kappa shape index (κ1) is 22.8. The predicted octanol–water partition coefficient (Wildman–Crippen LogP) is 5.07. The number of nitrogens with two attached hydrogens (primary N) is 1. The van der Waals surface area contributed by atoms with E-state index in [1.807, 2.05) is 0 Å². The summed E-state index contributed by atoms with van der Waals surface area (Å²) in [6.45, 7) is 2.45. The van der Waals surface area contributed by atoms with Crippen molar-refractivity contribution in [2.75, 3.05) is 5.73 Å². The first-order valence-corrected chi connectivity index (χ1v) is 11.2. The molecule has 2 aromatic heterocycles. The van der Waals surface area contributed by atoms with Crippen LogP contribution in [0.3, 0.4) is 0 Å². The van der Waals surface area contributed by atoms with Gasteiger partial charge in [0.25, 0.3) is 5.91 Å². The van der Waals surface area contributed by atoms with Crippen LogP contribution in [0.25, 0.3) is 10.9 Å². The van der Waals surface area contributed by atoms with Gasteiger partial charge in [0, 0.05) is 17.0 Å². The van der Waals surface area contributed by atoms with E-state index in [1.165, 1.54) is 6.07 Å². The third kappa shape index (κ3) is 3.84. The molecule has 1 fully saturated rings. The van der Waals surface area contributed by atoms with Crippen molar-refractivity contribution in [2.24, 2.45) is 0 Å². The number of benzene rings is 1. The summed E-state index contributed by atoms with van der Waals surface area (Å²) in [7, 11) is 0. The lowest BCUT2D eigenvalue weighted by Gasteiger charge is -2.41. The van der Waals surface area contributed by atoms with E-state index in [4.69, 9.17) is 22.1 Å². The van der Waals surface area contributed by atoms with Gasteiger partial charge in [0.2, 0.25) is 0 Å². The van der Waals surface area contributed by atoms with Crippen molar-refractivity contribution in [1.82, 2.24) is 20.1 Å². The van der Waals surface area contributed by atoms with Gasteiger partial charge in [-0.15, -0.1) is 5.10 Å². The molecule has 1 aliphatic carbocycles. The van der Waals surface area contributed by atoms with Crippen LogP contribution in [0.1, 0.15) is 65.1 Å². The summed E-state index contributed by atoms with van der Waals surface area (Å²) in [5, 5.41) is 8.06. The first-order valence-electron chi connectivity index (χ1n) is 10.9. The molecule has 1 amide bonds. The summed E-state index contributed by atoms with van der Waals surface area (Å²) >= 11 is 6.52. The highest BCUT2D eigenvalue weighted by Crippen LogP contribution is 2.38. The van der Waals surface area contributed by atoms with Crippen LogP contribution in [0, 0.1) is 0 Å². The van der Waals surface area contributed by atoms with E-state index < -0.39 is 17.9 Å². The second kappa shape index (κ2) is 8.35. The van der Waals surface area contributed by atoms with E-state index >= 15 is 0 Å². The average Bonchev–Trinajstić information content (AvgIpc) is 3.25. The highest BCUT2D eigenvalue weighted by Gasteiger charge is 2.37. The van der Waals surface area contributed by atoms with Crippen LogP contribution in [-0.4, -0.2) is 32.0 Å². The topological polar surface area (TPSA) is 94.2 Å². The number of nitrogen functional groups attached to an aromatic ring is 1. The Labute approximate surface area is 198 Å².